The molecule has 5 heteroatoms. The molecule has 0 unspecified atom stereocenters. The highest BCUT2D eigenvalue weighted by Crippen LogP contribution is 2.16. The second-order valence-corrected chi connectivity index (χ2v) is 3.79. The number of nitrogens with one attached hydrogen (secondary N) is 1. The molecule has 0 saturated heterocycles. The lowest BCUT2D eigenvalue weighted by Crippen LogP contribution is -2.26. The molecule has 0 atom stereocenters. The Kier molecular flexibility index (Phi) is 4.01. The Morgan fingerprint density at radius 3 is 2.69 bits per heavy atom. The topological polar surface area (TPSA) is 29.1 Å². The van der Waals surface area contributed by atoms with Crippen molar-refractivity contribution in [1.82, 2.24) is 5.32 Å². The third-order valence-corrected chi connectivity index (χ3v) is 2.09. The van der Waals surface area contributed by atoms with Gasteiger partial charge in [-0.15, -0.1) is 0 Å². The third-order valence-electron chi connectivity index (χ3n) is 1.95. The van der Waals surface area contributed by atoms with Gasteiger partial charge in [0.05, 0.1) is 6.54 Å². The molecule has 1 rings (SSSR count). The number of aryl methyl sites for hydroxylation is 1. The fraction of sp³-hybridized carbons (Fsp3) is 0.182. The summed E-state index contributed by atoms with van der Waals surface area (Å²) < 4.78 is 26.7. The van der Waals surface area contributed by atoms with E-state index in [0.29, 0.717) is 0 Å². The Morgan fingerprint density at radius 2 is 2.12 bits per heavy atom. The molecule has 0 aliphatic heterocycles. The van der Waals surface area contributed by atoms with Gasteiger partial charge in [-0.05, 0) is 18.6 Å². The predicted molar refractivity (Wildman–Crippen MR) is 58.4 cm³/mol. The lowest BCUT2D eigenvalue weighted by Gasteiger charge is -2.07. The lowest BCUT2D eigenvalue weighted by molar-refractivity contribution is 0.0949. The molecule has 2 nitrogen and oxygen atoms in total. The van der Waals surface area contributed by atoms with E-state index in [-0.39, 0.29) is 17.1 Å². The van der Waals surface area contributed by atoms with Crippen molar-refractivity contribution in [2.45, 2.75) is 6.92 Å². The van der Waals surface area contributed by atoms with Crippen LogP contribution in [-0.4, -0.2) is 12.5 Å². The minimum atomic E-state index is -0.902. The molecular weight excluding hydrogens is 236 g/mol. The van der Waals surface area contributed by atoms with Crippen molar-refractivity contribution in [2.75, 3.05) is 6.54 Å². The van der Waals surface area contributed by atoms with Gasteiger partial charge in [0.1, 0.15) is 17.2 Å². The summed E-state index contributed by atoms with van der Waals surface area (Å²) in [7, 11) is 0. The molecule has 1 N–H and O–H groups in total. The normalized spacial score (nSPS) is 10.0. The summed E-state index contributed by atoms with van der Waals surface area (Å²) >= 11 is 5.42. The molecule has 0 aliphatic rings. The van der Waals surface area contributed by atoms with Crippen LogP contribution in [0.2, 0.25) is 0 Å². The first-order valence-electron chi connectivity index (χ1n) is 4.49. The third kappa shape index (κ3) is 2.79. The second-order valence-electron chi connectivity index (χ2n) is 3.25. The summed E-state index contributed by atoms with van der Waals surface area (Å²) in [4.78, 5) is 11.5. The summed E-state index contributed by atoms with van der Waals surface area (Å²) in [6, 6.07) is 2.31. The van der Waals surface area contributed by atoms with E-state index >= 15 is 0 Å². The quantitative estimate of drug-likeness (QED) is 0.872. The maximum Gasteiger partial charge on any atom is 0.257 e. The van der Waals surface area contributed by atoms with Gasteiger partial charge < -0.3 is 5.32 Å². The second kappa shape index (κ2) is 5.07. The Morgan fingerprint density at radius 1 is 1.50 bits per heavy atom. The van der Waals surface area contributed by atoms with Gasteiger partial charge in [0.2, 0.25) is 0 Å². The van der Waals surface area contributed by atoms with Crippen LogP contribution in [0.25, 0.3) is 0 Å². The van der Waals surface area contributed by atoms with Crippen LogP contribution >= 0.6 is 11.6 Å². The maximum absolute atomic E-state index is 13.5. The average Bonchev–Trinajstić information content (AvgIpc) is 2.21. The first-order chi connectivity index (χ1) is 7.43. The average molecular weight is 246 g/mol. The summed E-state index contributed by atoms with van der Waals surface area (Å²) in [5.74, 6) is -2.61. The molecule has 0 aromatic heterocycles. The van der Waals surface area contributed by atoms with E-state index in [4.69, 9.17) is 11.6 Å². The fourth-order valence-corrected chi connectivity index (χ4v) is 1.20. The van der Waals surface area contributed by atoms with Crippen molar-refractivity contribution >= 4 is 17.5 Å². The van der Waals surface area contributed by atoms with Crippen LogP contribution in [0.15, 0.2) is 23.7 Å². The molecular formula is C11H10ClF2NO. The molecule has 0 saturated carbocycles. The largest absolute Gasteiger partial charge is 0.347 e. The van der Waals surface area contributed by atoms with Crippen molar-refractivity contribution in [1.29, 1.82) is 0 Å². The Labute approximate surface area is 96.9 Å². The van der Waals surface area contributed by atoms with E-state index in [2.05, 4.69) is 11.9 Å². The molecule has 0 fully saturated rings. The van der Waals surface area contributed by atoms with Crippen LogP contribution in [0.5, 0.6) is 0 Å². The highest BCUT2D eigenvalue weighted by atomic mass is 35.5. The van der Waals surface area contributed by atoms with Gasteiger partial charge in [-0.1, -0.05) is 24.2 Å². The van der Waals surface area contributed by atoms with E-state index in [9.17, 15) is 13.6 Å². The molecule has 0 bridgehead atoms. The van der Waals surface area contributed by atoms with Crippen LogP contribution in [0.1, 0.15) is 15.9 Å². The van der Waals surface area contributed by atoms with Gasteiger partial charge >= 0.3 is 0 Å². The Hall–Kier alpha value is -1.42. The zero-order valence-corrected chi connectivity index (χ0v) is 9.37. The maximum atomic E-state index is 13.5. The molecule has 0 heterocycles. The van der Waals surface area contributed by atoms with Gasteiger partial charge in [-0.25, -0.2) is 8.78 Å². The number of rotatable bonds is 3. The van der Waals surface area contributed by atoms with Crippen LogP contribution in [0, 0.1) is 18.6 Å². The molecule has 0 radical (unpaired) electrons. The summed E-state index contributed by atoms with van der Waals surface area (Å²) in [6.07, 6.45) is 0. The summed E-state index contributed by atoms with van der Waals surface area (Å²) in [5, 5.41) is 2.44. The standard InChI is InChI=1S/C11H10ClF2NO/c1-6-3-4-8(13)9(10(6)14)11(16)15-5-7(2)12/h3-4H,2,5H2,1H3,(H,15,16). The number of carbonyl (C=O) groups is 1. The van der Waals surface area contributed by atoms with Crippen LogP contribution < -0.4 is 5.32 Å². The Balaban J connectivity index is 2.99. The van der Waals surface area contributed by atoms with Crippen LogP contribution in [-0.2, 0) is 0 Å². The van der Waals surface area contributed by atoms with Gasteiger partial charge in [0.25, 0.3) is 5.91 Å². The molecule has 0 aliphatic carbocycles. The van der Waals surface area contributed by atoms with Gasteiger partial charge in [0.15, 0.2) is 0 Å². The molecule has 86 valence electrons. The number of carbonyl (C=O) groups excluding carboxylic acids is 1. The lowest BCUT2D eigenvalue weighted by atomic mass is 10.1. The summed E-state index contributed by atoms with van der Waals surface area (Å²) in [5.41, 5.74) is -0.394. The molecule has 16 heavy (non-hydrogen) atoms. The Bertz CT molecular complexity index is 446. The van der Waals surface area contributed by atoms with Crippen molar-refractivity contribution in [3.8, 4) is 0 Å². The van der Waals surface area contributed by atoms with E-state index in [1.165, 1.54) is 13.0 Å². The van der Waals surface area contributed by atoms with Gasteiger partial charge in [-0.2, -0.15) is 0 Å². The number of hydrogen-bond acceptors (Lipinski definition) is 1. The SMILES string of the molecule is C=C(Cl)CNC(=O)c1c(F)ccc(C)c1F. The van der Waals surface area contributed by atoms with Crippen molar-refractivity contribution in [3.63, 3.8) is 0 Å². The van der Waals surface area contributed by atoms with Crippen molar-refractivity contribution in [3.05, 3.63) is 46.5 Å². The molecule has 0 spiro atoms. The number of benzene rings is 1. The monoisotopic (exact) mass is 245 g/mol. The zero-order chi connectivity index (χ0) is 12.3. The molecule has 1 aromatic carbocycles. The summed E-state index contributed by atoms with van der Waals surface area (Å²) in [6.45, 7) is 4.76. The van der Waals surface area contributed by atoms with Crippen LogP contribution in [0.4, 0.5) is 8.78 Å². The molecule has 1 aromatic rings. The molecule has 1 amide bonds. The van der Waals surface area contributed by atoms with Gasteiger partial charge in [0, 0.05) is 5.03 Å². The van der Waals surface area contributed by atoms with Gasteiger partial charge in [-0.3, -0.25) is 4.79 Å². The first kappa shape index (κ1) is 12.6. The fourth-order valence-electron chi connectivity index (χ4n) is 1.13. The number of hydrogen-bond donors (Lipinski definition) is 1. The predicted octanol–water partition coefficient (Wildman–Crippen LogP) is 2.76. The van der Waals surface area contributed by atoms with E-state index < -0.39 is 23.1 Å². The van der Waals surface area contributed by atoms with E-state index in [1.807, 2.05) is 0 Å². The zero-order valence-electron chi connectivity index (χ0n) is 8.61. The minimum absolute atomic E-state index is 0.0345. The highest BCUT2D eigenvalue weighted by Gasteiger charge is 2.18. The number of amides is 1. The van der Waals surface area contributed by atoms with E-state index in [1.54, 1.807) is 0 Å². The minimum Gasteiger partial charge on any atom is -0.347 e. The van der Waals surface area contributed by atoms with Crippen molar-refractivity contribution < 1.29 is 13.6 Å². The van der Waals surface area contributed by atoms with Crippen LogP contribution in [0.3, 0.4) is 0 Å². The van der Waals surface area contributed by atoms with Crippen molar-refractivity contribution in [2.24, 2.45) is 0 Å². The smallest absolute Gasteiger partial charge is 0.257 e. The first-order valence-corrected chi connectivity index (χ1v) is 4.87. The highest BCUT2D eigenvalue weighted by molar-refractivity contribution is 6.29. The number of halogens is 3. The van der Waals surface area contributed by atoms with E-state index in [0.717, 1.165) is 6.07 Å².